The number of rotatable bonds is 0. The molecular weight excluding hydrogens is 166 g/mol. The predicted octanol–water partition coefficient (Wildman–Crippen LogP) is 0.726. The van der Waals surface area contributed by atoms with Gasteiger partial charge in [-0.3, -0.25) is 4.79 Å². The van der Waals surface area contributed by atoms with E-state index in [-0.39, 0.29) is 5.56 Å². The molecule has 1 aromatic carbocycles. The second-order valence-corrected chi connectivity index (χ2v) is 2.55. The molecule has 0 aliphatic carbocycles. The van der Waals surface area contributed by atoms with E-state index in [4.69, 9.17) is 5.26 Å². The van der Waals surface area contributed by atoms with Gasteiger partial charge in [-0.25, -0.2) is 0 Å². The SMILES string of the molecule is N#Cn1ncc2ccccc2c1=O. The minimum atomic E-state index is -0.374. The molecule has 0 spiro atoms. The Bertz CT molecular complexity index is 551. The minimum absolute atomic E-state index is 0.374. The lowest BCUT2D eigenvalue weighted by Gasteiger charge is -1.95. The van der Waals surface area contributed by atoms with Crippen molar-refractivity contribution in [2.24, 2.45) is 0 Å². The molecule has 1 heterocycles. The van der Waals surface area contributed by atoms with Crippen LogP contribution in [0.4, 0.5) is 0 Å². The molecule has 62 valence electrons. The van der Waals surface area contributed by atoms with Crippen LogP contribution in [0, 0.1) is 11.5 Å². The lowest BCUT2D eigenvalue weighted by molar-refractivity contribution is 0.837. The number of aromatic nitrogens is 2. The van der Waals surface area contributed by atoms with Gasteiger partial charge < -0.3 is 0 Å². The summed E-state index contributed by atoms with van der Waals surface area (Å²) in [6.07, 6.45) is 3.18. The zero-order valence-electron chi connectivity index (χ0n) is 6.64. The van der Waals surface area contributed by atoms with Crippen LogP contribution in [0.3, 0.4) is 0 Å². The van der Waals surface area contributed by atoms with Gasteiger partial charge in [0.2, 0.25) is 6.19 Å². The van der Waals surface area contributed by atoms with Crippen molar-refractivity contribution >= 4 is 10.8 Å². The number of fused-ring (bicyclic) bond motifs is 1. The fourth-order valence-corrected chi connectivity index (χ4v) is 1.16. The first kappa shape index (κ1) is 7.50. The van der Waals surface area contributed by atoms with Crippen LogP contribution in [0.5, 0.6) is 0 Å². The normalized spacial score (nSPS) is 9.77. The van der Waals surface area contributed by atoms with Gasteiger partial charge >= 0.3 is 0 Å². The molecule has 0 radical (unpaired) electrons. The Morgan fingerprint density at radius 2 is 2.15 bits per heavy atom. The molecule has 4 nitrogen and oxygen atoms in total. The van der Waals surface area contributed by atoms with Crippen molar-refractivity contribution in [1.29, 1.82) is 5.26 Å². The average Bonchev–Trinajstić information content (AvgIpc) is 2.19. The summed E-state index contributed by atoms with van der Waals surface area (Å²) in [5.74, 6) is 0. The van der Waals surface area contributed by atoms with Crippen molar-refractivity contribution in [3.63, 3.8) is 0 Å². The minimum Gasteiger partial charge on any atom is -0.266 e. The summed E-state index contributed by atoms with van der Waals surface area (Å²) in [4.78, 5) is 11.4. The maximum atomic E-state index is 11.4. The van der Waals surface area contributed by atoms with Crippen LogP contribution in [0.15, 0.2) is 35.3 Å². The van der Waals surface area contributed by atoms with Crippen LogP contribution in [0.2, 0.25) is 0 Å². The van der Waals surface area contributed by atoms with E-state index in [2.05, 4.69) is 5.10 Å². The monoisotopic (exact) mass is 171 g/mol. The van der Waals surface area contributed by atoms with Crippen LogP contribution < -0.4 is 5.56 Å². The molecule has 0 fully saturated rings. The van der Waals surface area contributed by atoms with E-state index in [1.165, 1.54) is 6.20 Å². The summed E-state index contributed by atoms with van der Waals surface area (Å²) in [5.41, 5.74) is -0.374. The van der Waals surface area contributed by atoms with E-state index in [1.807, 2.05) is 6.07 Å². The van der Waals surface area contributed by atoms with Crippen molar-refractivity contribution in [1.82, 2.24) is 9.78 Å². The highest BCUT2D eigenvalue weighted by Gasteiger charge is 2.00. The molecule has 4 heteroatoms. The average molecular weight is 171 g/mol. The molecule has 0 saturated heterocycles. The zero-order valence-corrected chi connectivity index (χ0v) is 6.64. The van der Waals surface area contributed by atoms with Gasteiger partial charge in [0.05, 0.1) is 11.6 Å². The van der Waals surface area contributed by atoms with Crippen LogP contribution in [-0.4, -0.2) is 9.78 Å². The second kappa shape index (κ2) is 2.72. The fourth-order valence-electron chi connectivity index (χ4n) is 1.16. The first-order valence-corrected chi connectivity index (χ1v) is 3.70. The maximum Gasteiger partial charge on any atom is 0.288 e. The summed E-state index contributed by atoms with van der Waals surface area (Å²) in [6.45, 7) is 0. The molecule has 2 rings (SSSR count). The van der Waals surface area contributed by atoms with E-state index in [0.29, 0.717) is 5.39 Å². The first-order valence-electron chi connectivity index (χ1n) is 3.70. The summed E-state index contributed by atoms with van der Waals surface area (Å²) in [5, 5.41) is 13.5. The third-order valence-electron chi connectivity index (χ3n) is 1.79. The molecule has 0 saturated carbocycles. The number of nitriles is 1. The molecule has 0 unspecified atom stereocenters. The fraction of sp³-hybridized carbons (Fsp3) is 0. The maximum absolute atomic E-state index is 11.4. The van der Waals surface area contributed by atoms with Crippen LogP contribution in [0.25, 0.3) is 10.8 Å². The van der Waals surface area contributed by atoms with Crippen molar-refractivity contribution < 1.29 is 0 Å². The van der Waals surface area contributed by atoms with E-state index in [1.54, 1.807) is 24.4 Å². The van der Waals surface area contributed by atoms with Gasteiger partial charge in [0.1, 0.15) is 0 Å². The topological polar surface area (TPSA) is 58.7 Å². The van der Waals surface area contributed by atoms with E-state index >= 15 is 0 Å². The Hall–Kier alpha value is -2.15. The molecule has 0 bridgehead atoms. The van der Waals surface area contributed by atoms with Gasteiger partial charge in [-0.1, -0.05) is 18.2 Å². The standard InChI is InChI=1S/C9H5N3O/c10-6-12-9(13)8-4-2-1-3-7(8)5-11-12/h1-5H. The summed E-state index contributed by atoms with van der Waals surface area (Å²) in [7, 11) is 0. The first-order chi connectivity index (χ1) is 6.33. The van der Waals surface area contributed by atoms with Crippen molar-refractivity contribution in [3.8, 4) is 6.19 Å². The highest BCUT2D eigenvalue weighted by molar-refractivity contribution is 5.80. The Morgan fingerprint density at radius 3 is 2.92 bits per heavy atom. The summed E-state index contributed by atoms with van der Waals surface area (Å²) in [6, 6.07) is 7.03. The van der Waals surface area contributed by atoms with Gasteiger partial charge in [0.15, 0.2) is 0 Å². The number of benzene rings is 1. The van der Waals surface area contributed by atoms with E-state index in [9.17, 15) is 4.79 Å². The van der Waals surface area contributed by atoms with E-state index < -0.39 is 0 Å². The van der Waals surface area contributed by atoms with Crippen molar-refractivity contribution in [2.45, 2.75) is 0 Å². The molecule has 0 aliphatic heterocycles. The molecule has 2 aromatic rings. The predicted molar refractivity (Wildman–Crippen MR) is 47.0 cm³/mol. The molecule has 1 aromatic heterocycles. The van der Waals surface area contributed by atoms with Crippen LogP contribution in [0.1, 0.15) is 0 Å². The molecule has 0 amide bonds. The van der Waals surface area contributed by atoms with Crippen molar-refractivity contribution in [2.75, 3.05) is 0 Å². The molecule has 0 aliphatic rings. The smallest absolute Gasteiger partial charge is 0.266 e. The Labute approximate surface area is 73.6 Å². The Balaban J connectivity index is 2.98. The lowest BCUT2D eigenvalue weighted by Crippen LogP contribution is -2.18. The quantitative estimate of drug-likeness (QED) is 0.587. The number of hydrogen-bond donors (Lipinski definition) is 0. The Morgan fingerprint density at radius 1 is 1.38 bits per heavy atom. The molecule has 0 atom stereocenters. The third kappa shape index (κ3) is 1.07. The number of hydrogen-bond acceptors (Lipinski definition) is 3. The van der Waals surface area contributed by atoms with Crippen LogP contribution >= 0.6 is 0 Å². The Kier molecular flexibility index (Phi) is 1.57. The highest BCUT2D eigenvalue weighted by Crippen LogP contribution is 2.05. The molecular formula is C9H5N3O. The second-order valence-electron chi connectivity index (χ2n) is 2.55. The van der Waals surface area contributed by atoms with Gasteiger partial charge in [-0.05, 0) is 6.07 Å². The summed E-state index contributed by atoms with van der Waals surface area (Å²) < 4.78 is 0.766. The number of nitrogens with zero attached hydrogens (tertiary/aromatic N) is 3. The van der Waals surface area contributed by atoms with Crippen molar-refractivity contribution in [3.05, 3.63) is 40.8 Å². The highest BCUT2D eigenvalue weighted by atomic mass is 16.1. The summed E-state index contributed by atoms with van der Waals surface area (Å²) >= 11 is 0. The van der Waals surface area contributed by atoms with Gasteiger partial charge in [-0.15, -0.1) is 4.68 Å². The molecule has 0 N–H and O–H groups in total. The third-order valence-corrected chi connectivity index (χ3v) is 1.79. The van der Waals surface area contributed by atoms with Crippen LogP contribution in [-0.2, 0) is 0 Å². The largest absolute Gasteiger partial charge is 0.288 e. The lowest BCUT2D eigenvalue weighted by atomic mass is 10.2. The zero-order chi connectivity index (χ0) is 9.26. The van der Waals surface area contributed by atoms with Gasteiger partial charge in [0, 0.05) is 5.39 Å². The van der Waals surface area contributed by atoms with Gasteiger partial charge in [-0.2, -0.15) is 10.4 Å². The van der Waals surface area contributed by atoms with E-state index in [0.717, 1.165) is 10.1 Å². The molecule has 13 heavy (non-hydrogen) atoms. The van der Waals surface area contributed by atoms with Gasteiger partial charge in [0.25, 0.3) is 5.56 Å².